The fourth-order valence-corrected chi connectivity index (χ4v) is 2.87. The largest absolute Gasteiger partial charge is 0.478 e. The van der Waals surface area contributed by atoms with Crippen LogP contribution in [-0.4, -0.2) is 26.9 Å². The average Bonchev–Trinajstić information content (AvgIpc) is 2.78. The number of carboxylic acid groups (broad SMARTS) is 1. The number of carboxylic acids is 1. The zero-order valence-electron chi connectivity index (χ0n) is 11.7. The third kappa shape index (κ3) is 3.35. The first-order valence-corrected chi connectivity index (χ1v) is 7.09. The van der Waals surface area contributed by atoms with E-state index < -0.39 is 5.97 Å². The zero-order valence-corrected chi connectivity index (χ0v) is 11.7. The van der Waals surface area contributed by atoms with Crippen LogP contribution in [0.4, 0.5) is 0 Å². The van der Waals surface area contributed by atoms with Crippen molar-refractivity contribution in [2.24, 2.45) is 13.0 Å². The summed E-state index contributed by atoms with van der Waals surface area (Å²) in [5.41, 5.74) is 1.06. The fourth-order valence-electron chi connectivity index (χ4n) is 2.87. The molecule has 2 N–H and O–H groups in total. The van der Waals surface area contributed by atoms with Crippen LogP contribution in [0.3, 0.4) is 0 Å². The van der Waals surface area contributed by atoms with Gasteiger partial charge < -0.3 is 10.4 Å². The number of hydrogen-bond donors (Lipinski definition) is 2. The minimum Gasteiger partial charge on any atom is -0.478 e. The van der Waals surface area contributed by atoms with Crippen molar-refractivity contribution in [3.8, 4) is 0 Å². The van der Waals surface area contributed by atoms with Crippen molar-refractivity contribution in [2.45, 2.75) is 51.6 Å². The summed E-state index contributed by atoms with van der Waals surface area (Å²) in [5.74, 6) is -0.0241. The second kappa shape index (κ2) is 6.19. The molecule has 0 aliphatic heterocycles. The molecular formula is C14H23N3O2. The van der Waals surface area contributed by atoms with Gasteiger partial charge in [-0.05, 0) is 31.6 Å². The van der Waals surface area contributed by atoms with E-state index in [1.807, 2.05) is 0 Å². The van der Waals surface area contributed by atoms with Crippen LogP contribution in [0.25, 0.3) is 0 Å². The Morgan fingerprint density at radius 2 is 2.16 bits per heavy atom. The number of nitrogens with zero attached hydrogens (tertiary/aromatic N) is 2. The summed E-state index contributed by atoms with van der Waals surface area (Å²) in [4.78, 5) is 11.1. The van der Waals surface area contributed by atoms with Crippen molar-refractivity contribution >= 4 is 5.97 Å². The van der Waals surface area contributed by atoms with E-state index in [0.717, 1.165) is 11.6 Å². The van der Waals surface area contributed by atoms with Gasteiger partial charge in [-0.25, -0.2) is 4.79 Å². The lowest BCUT2D eigenvalue weighted by Gasteiger charge is -2.28. The molecule has 0 unspecified atom stereocenters. The number of nitrogens with one attached hydrogen (secondary N) is 1. The maximum Gasteiger partial charge on any atom is 0.339 e. The summed E-state index contributed by atoms with van der Waals surface area (Å²) in [5, 5.41) is 16.6. The molecule has 2 rings (SSSR count). The van der Waals surface area contributed by atoms with E-state index in [2.05, 4.69) is 17.3 Å². The summed E-state index contributed by atoms with van der Waals surface area (Å²) in [7, 11) is 1.79. The van der Waals surface area contributed by atoms with Gasteiger partial charge >= 0.3 is 5.97 Å². The first kappa shape index (κ1) is 14.1. The number of aromatic carboxylic acids is 1. The number of rotatable bonds is 5. The van der Waals surface area contributed by atoms with Crippen LogP contribution in [0.1, 0.15) is 55.1 Å². The predicted molar refractivity (Wildman–Crippen MR) is 73.0 cm³/mol. The number of carbonyl (C=O) groups is 1. The minimum absolute atomic E-state index is 0.303. The van der Waals surface area contributed by atoms with Crippen LogP contribution in [0.15, 0.2) is 6.20 Å². The summed E-state index contributed by atoms with van der Waals surface area (Å²) in [6, 6.07) is 0.513. The molecule has 19 heavy (non-hydrogen) atoms. The van der Waals surface area contributed by atoms with E-state index in [1.165, 1.54) is 38.3 Å². The topological polar surface area (TPSA) is 67.2 Å². The molecule has 0 saturated heterocycles. The molecular weight excluding hydrogens is 242 g/mol. The monoisotopic (exact) mass is 265 g/mol. The van der Waals surface area contributed by atoms with Crippen molar-refractivity contribution in [1.82, 2.24) is 15.1 Å². The Morgan fingerprint density at radius 3 is 2.74 bits per heavy atom. The van der Waals surface area contributed by atoms with Gasteiger partial charge in [-0.3, -0.25) is 4.68 Å². The Hall–Kier alpha value is -1.36. The minimum atomic E-state index is -0.903. The van der Waals surface area contributed by atoms with Gasteiger partial charge in [0.1, 0.15) is 5.56 Å². The summed E-state index contributed by atoms with van der Waals surface area (Å²) in [6.45, 7) is 2.84. The van der Waals surface area contributed by atoms with Crippen LogP contribution in [0.2, 0.25) is 0 Å². The second-order valence-corrected chi connectivity index (χ2v) is 5.44. The molecule has 0 bridgehead atoms. The second-order valence-electron chi connectivity index (χ2n) is 5.44. The lowest BCUT2D eigenvalue weighted by atomic mass is 9.84. The molecule has 0 radical (unpaired) electrons. The molecule has 1 saturated carbocycles. The average molecular weight is 265 g/mol. The Kier molecular flexibility index (Phi) is 4.58. The summed E-state index contributed by atoms with van der Waals surface area (Å²) in [6.07, 6.45) is 7.65. The van der Waals surface area contributed by atoms with Crippen molar-refractivity contribution in [3.05, 3.63) is 17.5 Å². The van der Waals surface area contributed by atoms with E-state index in [1.54, 1.807) is 11.7 Å². The van der Waals surface area contributed by atoms with E-state index in [9.17, 15) is 4.79 Å². The highest BCUT2D eigenvalue weighted by Gasteiger charge is 2.21. The zero-order chi connectivity index (χ0) is 13.8. The molecule has 1 fully saturated rings. The molecule has 1 aromatic rings. The van der Waals surface area contributed by atoms with Crippen LogP contribution in [0, 0.1) is 5.92 Å². The maximum atomic E-state index is 11.1. The van der Waals surface area contributed by atoms with Gasteiger partial charge in [0.25, 0.3) is 0 Å². The van der Waals surface area contributed by atoms with Crippen molar-refractivity contribution in [2.75, 3.05) is 0 Å². The maximum absolute atomic E-state index is 11.1. The van der Waals surface area contributed by atoms with Gasteiger partial charge in [0.05, 0.1) is 11.9 Å². The summed E-state index contributed by atoms with van der Waals surface area (Å²) < 4.78 is 1.65. The van der Waals surface area contributed by atoms with Gasteiger partial charge in [-0.15, -0.1) is 0 Å². The lowest BCUT2D eigenvalue weighted by Crippen LogP contribution is -2.33. The van der Waals surface area contributed by atoms with Crippen LogP contribution < -0.4 is 5.32 Å². The highest BCUT2D eigenvalue weighted by atomic mass is 16.4. The van der Waals surface area contributed by atoms with E-state index in [0.29, 0.717) is 18.2 Å². The Bertz CT molecular complexity index is 434. The SMILES string of the molecule is CCC1CCC(NCc2c(C(=O)O)cnn2C)CC1. The van der Waals surface area contributed by atoms with Crippen molar-refractivity contribution in [1.29, 1.82) is 0 Å². The highest BCUT2D eigenvalue weighted by Crippen LogP contribution is 2.26. The highest BCUT2D eigenvalue weighted by molar-refractivity contribution is 5.88. The molecule has 106 valence electrons. The van der Waals surface area contributed by atoms with Crippen molar-refractivity contribution in [3.63, 3.8) is 0 Å². The third-order valence-electron chi connectivity index (χ3n) is 4.27. The van der Waals surface area contributed by atoms with E-state index in [-0.39, 0.29) is 0 Å². The molecule has 1 aliphatic rings. The van der Waals surface area contributed by atoms with Gasteiger partial charge in [0, 0.05) is 19.6 Å². The van der Waals surface area contributed by atoms with Gasteiger partial charge in [0.2, 0.25) is 0 Å². The number of hydrogen-bond acceptors (Lipinski definition) is 3. The number of aromatic nitrogens is 2. The quantitative estimate of drug-likeness (QED) is 0.856. The Balaban J connectivity index is 1.89. The lowest BCUT2D eigenvalue weighted by molar-refractivity contribution is 0.0695. The first-order chi connectivity index (χ1) is 9.11. The number of aryl methyl sites for hydroxylation is 1. The molecule has 5 heteroatoms. The first-order valence-electron chi connectivity index (χ1n) is 7.09. The molecule has 0 atom stereocenters. The molecule has 1 heterocycles. The van der Waals surface area contributed by atoms with Crippen LogP contribution in [0.5, 0.6) is 0 Å². The van der Waals surface area contributed by atoms with Gasteiger partial charge in [-0.1, -0.05) is 13.3 Å². The molecule has 0 spiro atoms. The molecule has 1 aliphatic carbocycles. The van der Waals surface area contributed by atoms with E-state index >= 15 is 0 Å². The van der Waals surface area contributed by atoms with Crippen molar-refractivity contribution < 1.29 is 9.90 Å². The smallest absolute Gasteiger partial charge is 0.339 e. The normalized spacial score (nSPS) is 23.5. The molecule has 1 aromatic heterocycles. The van der Waals surface area contributed by atoms with Gasteiger partial charge in [-0.2, -0.15) is 5.10 Å². The fraction of sp³-hybridized carbons (Fsp3) is 0.714. The van der Waals surface area contributed by atoms with Crippen LogP contribution >= 0.6 is 0 Å². The summed E-state index contributed by atoms with van der Waals surface area (Å²) >= 11 is 0. The molecule has 0 amide bonds. The van der Waals surface area contributed by atoms with E-state index in [4.69, 9.17) is 5.11 Å². The third-order valence-corrected chi connectivity index (χ3v) is 4.27. The molecule has 5 nitrogen and oxygen atoms in total. The van der Waals surface area contributed by atoms with Crippen LogP contribution in [-0.2, 0) is 13.6 Å². The standard InChI is InChI=1S/C14H23N3O2/c1-3-10-4-6-11(7-5-10)15-9-13-12(14(18)19)8-16-17(13)2/h8,10-11,15H,3-7,9H2,1-2H3,(H,18,19). The predicted octanol–water partition coefficient (Wildman–Crippen LogP) is 2.18. The Labute approximate surface area is 114 Å². The Morgan fingerprint density at radius 1 is 1.47 bits per heavy atom. The van der Waals surface area contributed by atoms with Gasteiger partial charge in [0.15, 0.2) is 0 Å². The molecule has 0 aromatic carbocycles.